The third kappa shape index (κ3) is 4.46. The molecule has 1 aromatic heterocycles. The van der Waals surface area contributed by atoms with Gasteiger partial charge in [0.2, 0.25) is 5.95 Å². The predicted molar refractivity (Wildman–Crippen MR) is 79.4 cm³/mol. The molecule has 2 heterocycles. The van der Waals surface area contributed by atoms with Crippen LogP contribution >= 0.6 is 0 Å². The van der Waals surface area contributed by atoms with Crippen LogP contribution in [0.2, 0.25) is 0 Å². The fourth-order valence-corrected chi connectivity index (χ4v) is 2.37. The number of hydrogen-bond acceptors (Lipinski definition) is 4. The summed E-state index contributed by atoms with van der Waals surface area (Å²) in [6.07, 6.45) is 7.67. The molecule has 0 spiro atoms. The second kappa shape index (κ2) is 6.33. The quantitative estimate of drug-likeness (QED) is 0.875. The van der Waals surface area contributed by atoms with Crippen molar-refractivity contribution >= 4 is 5.95 Å². The predicted octanol–water partition coefficient (Wildman–Crippen LogP) is 2.58. The van der Waals surface area contributed by atoms with Gasteiger partial charge in [0.25, 0.3) is 0 Å². The maximum atomic E-state index is 4.39. The minimum absolute atomic E-state index is 0.119. The summed E-state index contributed by atoms with van der Waals surface area (Å²) in [4.78, 5) is 8.79. The van der Waals surface area contributed by atoms with Gasteiger partial charge < -0.3 is 10.6 Å². The van der Waals surface area contributed by atoms with Gasteiger partial charge in [-0.15, -0.1) is 0 Å². The van der Waals surface area contributed by atoms with Crippen molar-refractivity contribution in [2.45, 2.75) is 45.4 Å². The molecular weight excluding hydrogens is 236 g/mol. The number of hydrogen-bond donors (Lipinski definition) is 2. The fraction of sp³-hybridized carbons (Fsp3) is 0.733. The van der Waals surface area contributed by atoms with E-state index in [0.717, 1.165) is 18.4 Å². The number of aromatic nitrogens is 2. The Morgan fingerprint density at radius 2 is 1.84 bits per heavy atom. The van der Waals surface area contributed by atoms with Crippen molar-refractivity contribution in [1.29, 1.82) is 0 Å². The summed E-state index contributed by atoms with van der Waals surface area (Å²) in [5, 5.41) is 6.73. The second-order valence-electron chi connectivity index (χ2n) is 6.45. The zero-order chi connectivity index (χ0) is 13.7. The molecule has 0 amide bonds. The molecule has 1 saturated heterocycles. The molecule has 1 aliphatic heterocycles. The van der Waals surface area contributed by atoms with Crippen molar-refractivity contribution in [2.75, 3.05) is 25.0 Å². The van der Waals surface area contributed by atoms with E-state index in [9.17, 15) is 0 Å². The molecule has 0 unspecified atom stereocenters. The molecule has 2 rings (SSSR count). The van der Waals surface area contributed by atoms with E-state index in [1.54, 1.807) is 0 Å². The van der Waals surface area contributed by atoms with Crippen LogP contribution in [0.25, 0.3) is 0 Å². The monoisotopic (exact) mass is 262 g/mol. The first-order valence-corrected chi connectivity index (χ1v) is 7.33. The van der Waals surface area contributed by atoms with Crippen LogP contribution in [-0.2, 0) is 5.41 Å². The van der Waals surface area contributed by atoms with Crippen LogP contribution in [0.4, 0.5) is 5.95 Å². The standard InChI is InChI=1S/C15H26N4/c1-15(2,3)13-10-18-14(19-11-13)17-9-6-12-4-7-16-8-5-12/h10-12,16H,4-9H2,1-3H3,(H,17,18,19). The van der Waals surface area contributed by atoms with Crippen molar-refractivity contribution in [1.82, 2.24) is 15.3 Å². The molecule has 0 bridgehead atoms. The summed E-state index contributed by atoms with van der Waals surface area (Å²) in [6.45, 7) is 9.84. The van der Waals surface area contributed by atoms with E-state index in [4.69, 9.17) is 0 Å². The summed E-state index contributed by atoms with van der Waals surface area (Å²) in [5.41, 5.74) is 1.30. The average Bonchev–Trinajstić information content (AvgIpc) is 2.39. The summed E-state index contributed by atoms with van der Waals surface area (Å²) in [5.74, 6) is 1.60. The normalized spacial score (nSPS) is 17.4. The molecule has 0 atom stereocenters. The highest BCUT2D eigenvalue weighted by Gasteiger charge is 2.15. The Morgan fingerprint density at radius 1 is 1.21 bits per heavy atom. The molecule has 1 aromatic rings. The van der Waals surface area contributed by atoms with Crippen LogP contribution < -0.4 is 10.6 Å². The number of piperidine rings is 1. The molecule has 0 saturated carbocycles. The summed E-state index contributed by atoms with van der Waals surface area (Å²) >= 11 is 0. The highest BCUT2D eigenvalue weighted by molar-refractivity contribution is 5.27. The first-order valence-electron chi connectivity index (χ1n) is 7.33. The Labute approximate surface area is 116 Å². The van der Waals surface area contributed by atoms with E-state index in [0.29, 0.717) is 0 Å². The minimum Gasteiger partial charge on any atom is -0.354 e. The van der Waals surface area contributed by atoms with E-state index < -0.39 is 0 Å². The number of anilines is 1. The number of rotatable bonds is 4. The SMILES string of the molecule is CC(C)(C)c1cnc(NCCC2CCNCC2)nc1. The van der Waals surface area contributed by atoms with Gasteiger partial charge in [-0.1, -0.05) is 20.8 Å². The van der Waals surface area contributed by atoms with E-state index >= 15 is 0 Å². The van der Waals surface area contributed by atoms with Gasteiger partial charge in [-0.3, -0.25) is 0 Å². The molecule has 0 radical (unpaired) electrons. The molecule has 0 aromatic carbocycles. The highest BCUT2D eigenvalue weighted by Crippen LogP contribution is 2.20. The van der Waals surface area contributed by atoms with Crippen LogP contribution in [0.1, 0.15) is 45.6 Å². The van der Waals surface area contributed by atoms with Crippen molar-refractivity contribution in [3.8, 4) is 0 Å². The molecule has 1 fully saturated rings. The van der Waals surface area contributed by atoms with Gasteiger partial charge in [0.1, 0.15) is 0 Å². The zero-order valence-electron chi connectivity index (χ0n) is 12.4. The van der Waals surface area contributed by atoms with E-state index in [2.05, 4.69) is 41.4 Å². The lowest BCUT2D eigenvalue weighted by atomic mass is 9.89. The zero-order valence-corrected chi connectivity index (χ0v) is 12.4. The number of nitrogens with zero attached hydrogens (tertiary/aromatic N) is 2. The largest absolute Gasteiger partial charge is 0.354 e. The molecule has 106 valence electrons. The highest BCUT2D eigenvalue weighted by atomic mass is 15.1. The molecule has 4 heteroatoms. The first-order chi connectivity index (χ1) is 9.05. The van der Waals surface area contributed by atoms with Gasteiger partial charge in [-0.25, -0.2) is 9.97 Å². The second-order valence-corrected chi connectivity index (χ2v) is 6.45. The molecule has 0 aliphatic carbocycles. The topological polar surface area (TPSA) is 49.8 Å². The third-order valence-electron chi connectivity index (χ3n) is 3.81. The Kier molecular flexibility index (Phi) is 4.75. The lowest BCUT2D eigenvalue weighted by molar-refractivity contribution is 0.361. The van der Waals surface area contributed by atoms with E-state index in [-0.39, 0.29) is 5.41 Å². The molecule has 19 heavy (non-hydrogen) atoms. The van der Waals surface area contributed by atoms with Gasteiger partial charge in [0.05, 0.1) is 0 Å². The van der Waals surface area contributed by atoms with Crippen LogP contribution in [-0.4, -0.2) is 29.6 Å². The van der Waals surface area contributed by atoms with Crippen molar-refractivity contribution in [3.05, 3.63) is 18.0 Å². The summed E-state index contributed by atoms with van der Waals surface area (Å²) < 4.78 is 0. The van der Waals surface area contributed by atoms with E-state index in [1.807, 2.05) is 12.4 Å². The average molecular weight is 262 g/mol. The fourth-order valence-electron chi connectivity index (χ4n) is 2.37. The van der Waals surface area contributed by atoms with Gasteiger partial charge in [-0.05, 0) is 49.2 Å². The van der Waals surface area contributed by atoms with Gasteiger partial charge in [0.15, 0.2) is 0 Å². The maximum Gasteiger partial charge on any atom is 0.222 e. The Bertz CT molecular complexity index is 374. The molecule has 1 aliphatic rings. The van der Waals surface area contributed by atoms with Crippen molar-refractivity contribution in [3.63, 3.8) is 0 Å². The Balaban J connectivity index is 1.76. The maximum absolute atomic E-state index is 4.39. The molecule has 2 N–H and O–H groups in total. The molecular formula is C15H26N4. The van der Waals surface area contributed by atoms with E-state index in [1.165, 1.54) is 37.9 Å². The first kappa shape index (κ1) is 14.3. The van der Waals surface area contributed by atoms with Gasteiger partial charge >= 0.3 is 0 Å². The van der Waals surface area contributed by atoms with Crippen LogP contribution in [0, 0.1) is 5.92 Å². The minimum atomic E-state index is 0.119. The van der Waals surface area contributed by atoms with Crippen LogP contribution in [0.3, 0.4) is 0 Å². The van der Waals surface area contributed by atoms with Crippen molar-refractivity contribution < 1.29 is 0 Å². The smallest absolute Gasteiger partial charge is 0.222 e. The van der Waals surface area contributed by atoms with Crippen LogP contribution in [0.15, 0.2) is 12.4 Å². The Hall–Kier alpha value is -1.16. The lowest BCUT2D eigenvalue weighted by Crippen LogP contribution is -2.28. The molecule has 4 nitrogen and oxygen atoms in total. The Morgan fingerprint density at radius 3 is 2.42 bits per heavy atom. The summed E-state index contributed by atoms with van der Waals surface area (Å²) in [7, 11) is 0. The number of nitrogens with one attached hydrogen (secondary N) is 2. The van der Waals surface area contributed by atoms with Gasteiger partial charge in [0, 0.05) is 18.9 Å². The lowest BCUT2D eigenvalue weighted by Gasteiger charge is -2.22. The van der Waals surface area contributed by atoms with Crippen LogP contribution in [0.5, 0.6) is 0 Å². The summed E-state index contributed by atoms with van der Waals surface area (Å²) in [6, 6.07) is 0. The van der Waals surface area contributed by atoms with Gasteiger partial charge in [-0.2, -0.15) is 0 Å². The third-order valence-corrected chi connectivity index (χ3v) is 3.81. The van der Waals surface area contributed by atoms with Crippen molar-refractivity contribution in [2.24, 2.45) is 5.92 Å².